The van der Waals surface area contributed by atoms with Crippen LogP contribution in [0.25, 0.3) is 21.0 Å². The molecule has 3 N–H and O–H groups in total. The number of thiazole rings is 1. The molecule has 164 valence electrons. The lowest BCUT2D eigenvalue weighted by molar-refractivity contribution is -0.123. The Morgan fingerprint density at radius 2 is 1.97 bits per heavy atom. The summed E-state index contributed by atoms with van der Waals surface area (Å²) in [6.45, 7) is 1.72. The monoisotopic (exact) mass is 470 g/mol. The van der Waals surface area contributed by atoms with Gasteiger partial charge in [-0.05, 0) is 55.0 Å². The second kappa shape index (κ2) is 9.71. The van der Waals surface area contributed by atoms with Gasteiger partial charge < -0.3 is 14.5 Å². The van der Waals surface area contributed by atoms with Crippen LogP contribution in [0.1, 0.15) is 11.3 Å². The normalized spacial score (nSPS) is 10.7. The predicted molar refractivity (Wildman–Crippen MR) is 123 cm³/mol. The van der Waals surface area contributed by atoms with Crippen LogP contribution >= 0.6 is 22.9 Å². The minimum atomic E-state index is -0.585. The Hall–Kier alpha value is -3.56. The number of fused-ring (bicyclic) bond motifs is 1. The molecule has 0 aliphatic heterocycles. The van der Waals surface area contributed by atoms with Crippen LogP contribution in [0.5, 0.6) is 5.75 Å². The molecule has 0 fully saturated rings. The molecule has 0 aliphatic carbocycles. The molecule has 10 heteroatoms. The van der Waals surface area contributed by atoms with Crippen molar-refractivity contribution in [1.82, 2.24) is 21.2 Å². The Balaban J connectivity index is 1.21. The van der Waals surface area contributed by atoms with E-state index in [1.165, 1.54) is 11.3 Å². The molecule has 0 aliphatic rings. The summed E-state index contributed by atoms with van der Waals surface area (Å²) in [5.41, 5.74) is 6.28. The zero-order valence-electron chi connectivity index (χ0n) is 17.0. The van der Waals surface area contributed by atoms with E-state index in [0.29, 0.717) is 22.3 Å². The molecule has 32 heavy (non-hydrogen) atoms. The molecule has 0 saturated heterocycles. The van der Waals surface area contributed by atoms with Crippen LogP contribution < -0.4 is 20.9 Å². The van der Waals surface area contributed by atoms with Crippen LogP contribution in [0.15, 0.2) is 59.0 Å². The summed E-state index contributed by atoms with van der Waals surface area (Å²) in [5.74, 6) is 1.19. The molecule has 4 aromatic rings. The Bertz CT molecular complexity index is 1240. The zero-order chi connectivity index (χ0) is 22.5. The largest absolute Gasteiger partial charge is 0.484 e. The van der Waals surface area contributed by atoms with E-state index in [4.69, 9.17) is 20.8 Å². The second-order valence-corrected chi connectivity index (χ2v) is 8.25. The van der Waals surface area contributed by atoms with Gasteiger partial charge in [-0.1, -0.05) is 23.7 Å². The van der Waals surface area contributed by atoms with Crippen LogP contribution in [0.4, 0.5) is 4.79 Å². The van der Waals surface area contributed by atoms with Gasteiger partial charge in [0, 0.05) is 5.02 Å². The summed E-state index contributed by atoms with van der Waals surface area (Å²) in [4.78, 5) is 28.3. The molecular formula is C22H19ClN4O4S. The van der Waals surface area contributed by atoms with E-state index < -0.39 is 11.9 Å². The van der Waals surface area contributed by atoms with E-state index in [0.717, 1.165) is 20.8 Å². The molecule has 2 aromatic carbocycles. The van der Waals surface area contributed by atoms with Crippen molar-refractivity contribution < 1.29 is 18.7 Å². The van der Waals surface area contributed by atoms with Crippen LogP contribution in [-0.4, -0.2) is 23.5 Å². The maximum Gasteiger partial charge on any atom is 0.333 e. The van der Waals surface area contributed by atoms with Crippen molar-refractivity contribution in [3.63, 3.8) is 0 Å². The van der Waals surface area contributed by atoms with Gasteiger partial charge in [-0.2, -0.15) is 0 Å². The second-order valence-electron chi connectivity index (χ2n) is 6.81. The first-order chi connectivity index (χ1) is 15.5. The number of nitrogens with zero attached hydrogens (tertiary/aromatic N) is 1. The average Bonchev–Trinajstić information content (AvgIpc) is 3.44. The highest BCUT2D eigenvalue weighted by Gasteiger charge is 2.11. The minimum Gasteiger partial charge on any atom is -0.484 e. The fourth-order valence-electron chi connectivity index (χ4n) is 2.80. The quantitative estimate of drug-likeness (QED) is 0.361. The van der Waals surface area contributed by atoms with E-state index in [-0.39, 0.29) is 13.2 Å². The van der Waals surface area contributed by atoms with Gasteiger partial charge in [0.05, 0.1) is 16.8 Å². The summed E-state index contributed by atoms with van der Waals surface area (Å²) in [7, 11) is 0. The summed E-state index contributed by atoms with van der Waals surface area (Å²) in [6, 6.07) is 15.9. The molecule has 2 heterocycles. The number of urea groups is 1. The maximum atomic E-state index is 11.9. The van der Waals surface area contributed by atoms with Gasteiger partial charge in [0.25, 0.3) is 5.91 Å². The fourth-order valence-corrected chi connectivity index (χ4v) is 3.84. The number of hydrazine groups is 1. The van der Waals surface area contributed by atoms with Crippen molar-refractivity contribution in [2.75, 3.05) is 6.61 Å². The first-order valence-electron chi connectivity index (χ1n) is 9.64. The number of halogens is 1. The SMILES string of the molecule is Cc1cc(OCC(=O)NNC(=O)NCc2ccc(-c3nc4ccccc4s3)o2)ccc1Cl. The van der Waals surface area contributed by atoms with E-state index >= 15 is 0 Å². The van der Waals surface area contributed by atoms with Crippen LogP contribution in [0, 0.1) is 6.92 Å². The van der Waals surface area contributed by atoms with E-state index in [1.54, 1.807) is 24.3 Å². The van der Waals surface area contributed by atoms with Crippen LogP contribution in [-0.2, 0) is 11.3 Å². The Morgan fingerprint density at radius 1 is 1.12 bits per heavy atom. The van der Waals surface area contributed by atoms with E-state index in [2.05, 4.69) is 21.2 Å². The number of hydrogen-bond donors (Lipinski definition) is 3. The molecule has 0 atom stereocenters. The van der Waals surface area contributed by atoms with Gasteiger partial charge in [0.1, 0.15) is 11.5 Å². The lowest BCUT2D eigenvalue weighted by atomic mass is 10.2. The summed E-state index contributed by atoms with van der Waals surface area (Å²) >= 11 is 7.49. The number of para-hydroxylation sites is 1. The first kappa shape index (κ1) is 21.7. The molecular weight excluding hydrogens is 452 g/mol. The lowest BCUT2D eigenvalue weighted by Gasteiger charge is -2.10. The first-order valence-corrected chi connectivity index (χ1v) is 10.8. The number of carbonyl (C=O) groups is 2. The summed E-state index contributed by atoms with van der Waals surface area (Å²) in [5, 5.41) is 3.99. The van der Waals surface area contributed by atoms with Gasteiger partial charge in [0.15, 0.2) is 17.4 Å². The fraction of sp³-hybridized carbons (Fsp3) is 0.136. The lowest BCUT2D eigenvalue weighted by Crippen LogP contribution is -2.48. The molecule has 0 saturated carbocycles. The topological polar surface area (TPSA) is 105 Å². The molecule has 8 nitrogen and oxygen atoms in total. The minimum absolute atomic E-state index is 0.146. The Morgan fingerprint density at radius 3 is 2.78 bits per heavy atom. The molecule has 0 bridgehead atoms. The number of hydrogen-bond acceptors (Lipinski definition) is 6. The zero-order valence-corrected chi connectivity index (χ0v) is 18.5. The van der Waals surface area contributed by atoms with Gasteiger partial charge in [-0.25, -0.2) is 15.2 Å². The number of rotatable bonds is 6. The van der Waals surface area contributed by atoms with Gasteiger partial charge in [-0.15, -0.1) is 11.3 Å². The number of furan rings is 1. The maximum absolute atomic E-state index is 11.9. The van der Waals surface area contributed by atoms with Gasteiger partial charge in [-0.3, -0.25) is 10.2 Å². The highest BCUT2D eigenvalue weighted by Crippen LogP contribution is 2.31. The molecule has 0 spiro atoms. The molecule has 2 aromatic heterocycles. The van der Waals surface area contributed by atoms with Gasteiger partial charge in [0.2, 0.25) is 0 Å². The molecule has 4 rings (SSSR count). The van der Waals surface area contributed by atoms with Crippen molar-refractivity contribution in [2.24, 2.45) is 0 Å². The van der Waals surface area contributed by atoms with Crippen molar-refractivity contribution in [1.29, 1.82) is 0 Å². The molecule has 3 amide bonds. The van der Waals surface area contributed by atoms with E-state index in [9.17, 15) is 9.59 Å². The number of carbonyl (C=O) groups excluding carboxylic acids is 2. The third-order valence-corrected chi connectivity index (χ3v) is 5.88. The Kier molecular flexibility index (Phi) is 6.58. The van der Waals surface area contributed by atoms with Gasteiger partial charge >= 0.3 is 6.03 Å². The van der Waals surface area contributed by atoms with Crippen molar-refractivity contribution in [3.05, 3.63) is 70.9 Å². The Labute approximate surface area is 192 Å². The summed E-state index contributed by atoms with van der Waals surface area (Å²) in [6.07, 6.45) is 0. The standard InChI is InChI=1S/C22H19ClN4O4S/c1-13-10-14(6-8-16(13)23)30-12-20(28)26-27-22(29)24-11-15-7-9-18(31-15)21-25-17-4-2-3-5-19(17)32-21/h2-10H,11-12H2,1H3,(H,26,28)(H2,24,27,29). The van der Waals surface area contributed by atoms with Crippen molar-refractivity contribution >= 4 is 45.1 Å². The number of benzene rings is 2. The highest BCUT2D eigenvalue weighted by atomic mass is 35.5. The third-order valence-electron chi connectivity index (χ3n) is 4.40. The van der Waals surface area contributed by atoms with Crippen molar-refractivity contribution in [2.45, 2.75) is 13.5 Å². The summed E-state index contributed by atoms with van der Waals surface area (Å²) < 4.78 is 12.2. The van der Waals surface area contributed by atoms with Crippen LogP contribution in [0.2, 0.25) is 5.02 Å². The number of aryl methyl sites for hydroxylation is 1. The number of nitrogens with one attached hydrogen (secondary N) is 3. The molecule has 0 radical (unpaired) electrons. The third kappa shape index (κ3) is 5.37. The van der Waals surface area contributed by atoms with E-state index in [1.807, 2.05) is 37.3 Å². The van der Waals surface area contributed by atoms with Crippen molar-refractivity contribution in [3.8, 4) is 16.5 Å². The molecule has 0 unspecified atom stereocenters. The number of ether oxygens (including phenoxy) is 1. The smallest absolute Gasteiger partial charge is 0.333 e. The predicted octanol–water partition coefficient (Wildman–Crippen LogP) is 4.43. The highest BCUT2D eigenvalue weighted by molar-refractivity contribution is 7.21. The number of amides is 3. The number of aromatic nitrogens is 1. The van der Waals surface area contributed by atoms with Crippen LogP contribution in [0.3, 0.4) is 0 Å². The average molecular weight is 471 g/mol.